The quantitative estimate of drug-likeness (QED) is 0.674. The third-order valence-corrected chi connectivity index (χ3v) is 5.45. The number of hydrogen-bond acceptors (Lipinski definition) is 4. The number of aliphatic imine (C=N–C) groups is 1. The van der Waals surface area contributed by atoms with Crippen LogP contribution in [0, 0.1) is 11.3 Å². The van der Waals surface area contributed by atoms with Gasteiger partial charge in [0.05, 0.1) is 6.61 Å². The zero-order valence-electron chi connectivity index (χ0n) is 16.3. The molecule has 0 radical (unpaired) electrons. The van der Waals surface area contributed by atoms with Crippen molar-refractivity contribution in [3.63, 3.8) is 0 Å². The van der Waals surface area contributed by atoms with Crippen molar-refractivity contribution >= 4 is 29.1 Å². The average molecular weight is 388 g/mol. The van der Waals surface area contributed by atoms with E-state index < -0.39 is 11.8 Å². The molecule has 0 saturated carbocycles. The molecule has 1 heterocycles. The zero-order chi connectivity index (χ0) is 19.8. The van der Waals surface area contributed by atoms with E-state index in [1.807, 2.05) is 32.0 Å². The fourth-order valence-electron chi connectivity index (χ4n) is 4.10. The van der Waals surface area contributed by atoms with E-state index in [0.717, 1.165) is 24.1 Å². The number of ether oxygens (including phenoxy) is 1. The van der Waals surface area contributed by atoms with Crippen LogP contribution in [0.25, 0.3) is 0 Å². The van der Waals surface area contributed by atoms with Gasteiger partial charge in [-0.05, 0) is 42.9 Å². The number of carbonyl (C=O) groups is 2. The van der Waals surface area contributed by atoms with Crippen LogP contribution < -0.4 is 0 Å². The van der Waals surface area contributed by atoms with Gasteiger partial charge in [-0.15, -0.1) is 0 Å². The summed E-state index contributed by atoms with van der Waals surface area (Å²) in [5.41, 5.74) is 2.88. The Kier molecular flexibility index (Phi) is 5.57. The van der Waals surface area contributed by atoms with Crippen LogP contribution in [0.1, 0.15) is 58.4 Å². The molecule has 144 valence electrons. The van der Waals surface area contributed by atoms with Gasteiger partial charge < -0.3 is 4.74 Å². The summed E-state index contributed by atoms with van der Waals surface area (Å²) in [5, 5.41) is 0.582. The molecule has 27 heavy (non-hydrogen) atoms. The smallest absolute Gasteiger partial charge is 0.315 e. The highest BCUT2D eigenvalue weighted by molar-refractivity contribution is 6.30. The van der Waals surface area contributed by atoms with Crippen LogP contribution in [-0.4, -0.2) is 24.1 Å². The first-order valence-corrected chi connectivity index (χ1v) is 9.85. The van der Waals surface area contributed by atoms with E-state index >= 15 is 0 Å². The second kappa shape index (κ2) is 7.59. The molecule has 1 aliphatic carbocycles. The van der Waals surface area contributed by atoms with E-state index in [2.05, 4.69) is 13.8 Å². The van der Waals surface area contributed by atoms with Gasteiger partial charge in [0.2, 0.25) is 0 Å². The zero-order valence-corrected chi connectivity index (χ0v) is 17.1. The minimum atomic E-state index is -0.598. The number of Topliss-reactive ketones (excluding diaryl/α,β-unsaturated/α-hetero) is 1. The van der Waals surface area contributed by atoms with E-state index in [1.54, 1.807) is 6.07 Å². The lowest BCUT2D eigenvalue weighted by Gasteiger charge is -2.39. The fraction of sp³-hybridized carbons (Fsp3) is 0.500. The van der Waals surface area contributed by atoms with E-state index in [4.69, 9.17) is 21.3 Å². The number of ketones is 1. The second-order valence-electron chi connectivity index (χ2n) is 8.23. The number of rotatable bonds is 4. The maximum absolute atomic E-state index is 13.1. The summed E-state index contributed by atoms with van der Waals surface area (Å²) in [6.07, 6.45) is 1.92. The van der Waals surface area contributed by atoms with Crippen molar-refractivity contribution in [3.05, 3.63) is 46.1 Å². The van der Waals surface area contributed by atoms with Crippen molar-refractivity contribution < 1.29 is 14.3 Å². The van der Waals surface area contributed by atoms with Crippen LogP contribution in [0.2, 0.25) is 5.02 Å². The highest BCUT2D eigenvalue weighted by Crippen LogP contribution is 2.48. The number of allylic oxidation sites excluding steroid dienone is 2. The molecule has 0 amide bonds. The predicted octanol–water partition coefficient (Wildman–Crippen LogP) is 5.11. The summed E-state index contributed by atoms with van der Waals surface area (Å²) in [6, 6.07) is 7.40. The average Bonchev–Trinajstić information content (AvgIpc) is 2.57. The Hall–Kier alpha value is -1.94. The highest BCUT2D eigenvalue weighted by atomic mass is 35.5. The maximum atomic E-state index is 13.1. The molecule has 0 bridgehead atoms. The molecule has 5 heteroatoms. The molecule has 1 aromatic carbocycles. The summed E-state index contributed by atoms with van der Waals surface area (Å²) >= 11 is 6.22. The standard InChI is InChI=1S/C22H26ClNO3/c1-5-9-27-21(26)18-13(2)24-16-11-22(3,4)12-17(25)20(16)19(18)14-7-6-8-15(23)10-14/h6-8,10,18-19H,5,9,11-12H2,1-4H3/t18?,19-/m0/s1. The van der Waals surface area contributed by atoms with Gasteiger partial charge in [-0.25, -0.2) is 0 Å². The molecule has 1 aromatic rings. The summed E-state index contributed by atoms with van der Waals surface area (Å²) in [5.74, 6) is -1.26. The van der Waals surface area contributed by atoms with Crippen molar-refractivity contribution in [2.75, 3.05) is 6.61 Å². The molecule has 2 atom stereocenters. The Morgan fingerprint density at radius 1 is 1.33 bits per heavy atom. The van der Waals surface area contributed by atoms with Crippen LogP contribution in [0.4, 0.5) is 0 Å². The van der Waals surface area contributed by atoms with E-state index in [9.17, 15) is 9.59 Å². The van der Waals surface area contributed by atoms with Crippen molar-refractivity contribution in [1.82, 2.24) is 0 Å². The largest absolute Gasteiger partial charge is 0.465 e. The van der Waals surface area contributed by atoms with E-state index in [-0.39, 0.29) is 17.2 Å². The van der Waals surface area contributed by atoms with E-state index in [1.165, 1.54) is 0 Å². The Balaban J connectivity index is 2.13. The first-order chi connectivity index (χ1) is 12.7. The minimum absolute atomic E-state index is 0.0655. The van der Waals surface area contributed by atoms with Gasteiger partial charge in [0, 0.05) is 34.3 Å². The Labute approximate surface area is 165 Å². The molecular formula is C22H26ClNO3. The second-order valence-corrected chi connectivity index (χ2v) is 8.67. The van der Waals surface area contributed by atoms with Gasteiger partial charge in [-0.3, -0.25) is 14.6 Å². The summed E-state index contributed by atoms with van der Waals surface area (Å²) in [6.45, 7) is 8.32. The number of benzene rings is 1. The van der Waals surface area contributed by atoms with Crippen LogP contribution in [0.3, 0.4) is 0 Å². The van der Waals surface area contributed by atoms with Crippen LogP contribution in [-0.2, 0) is 14.3 Å². The molecule has 0 N–H and O–H groups in total. The lowest BCUT2D eigenvalue weighted by atomic mass is 9.67. The molecular weight excluding hydrogens is 362 g/mol. The maximum Gasteiger partial charge on any atom is 0.315 e. The van der Waals surface area contributed by atoms with Crippen LogP contribution in [0.5, 0.6) is 0 Å². The molecule has 4 nitrogen and oxygen atoms in total. The normalized spacial score (nSPS) is 24.3. The summed E-state index contributed by atoms with van der Waals surface area (Å²) in [7, 11) is 0. The van der Waals surface area contributed by atoms with Crippen molar-refractivity contribution in [3.8, 4) is 0 Å². The molecule has 0 fully saturated rings. The third kappa shape index (κ3) is 4.01. The molecule has 1 unspecified atom stereocenters. The first kappa shape index (κ1) is 19.8. The van der Waals surface area contributed by atoms with Gasteiger partial charge in [-0.1, -0.05) is 44.5 Å². The monoisotopic (exact) mass is 387 g/mol. The van der Waals surface area contributed by atoms with Crippen LogP contribution in [0.15, 0.2) is 40.5 Å². The Morgan fingerprint density at radius 3 is 2.74 bits per heavy atom. The van der Waals surface area contributed by atoms with Crippen molar-refractivity contribution in [2.24, 2.45) is 16.3 Å². The molecule has 0 saturated heterocycles. The lowest BCUT2D eigenvalue weighted by molar-refractivity contribution is -0.146. The van der Waals surface area contributed by atoms with Crippen molar-refractivity contribution in [2.45, 2.75) is 52.9 Å². The lowest BCUT2D eigenvalue weighted by Crippen LogP contribution is -2.39. The molecule has 2 aliphatic rings. The highest BCUT2D eigenvalue weighted by Gasteiger charge is 2.46. The minimum Gasteiger partial charge on any atom is -0.465 e. The molecule has 0 spiro atoms. The van der Waals surface area contributed by atoms with Crippen molar-refractivity contribution in [1.29, 1.82) is 0 Å². The molecule has 0 aromatic heterocycles. The summed E-state index contributed by atoms with van der Waals surface area (Å²) < 4.78 is 5.45. The van der Waals surface area contributed by atoms with Crippen LogP contribution >= 0.6 is 11.6 Å². The number of carbonyl (C=O) groups excluding carboxylic acids is 2. The van der Waals surface area contributed by atoms with E-state index in [0.29, 0.717) is 29.3 Å². The summed E-state index contributed by atoms with van der Waals surface area (Å²) in [4.78, 5) is 30.7. The first-order valence-electron chi connectivity index (χ1n) is 9.47. The number of hydrogen-bond donors (Lipinski definition) is 0. The van der Waals surface area contributed by atoms with Gasteiger partial charge in [0.15, 0.2) is 5.78 Å². The third-order valence-electron chi connectivity index (χ3n) is 5.21. The van der Waals surface area contributed by atoms with Gasteiger partial charge in [-0.2, -0.15) is 0 Å². The number of halogens is 1. The van der Waals surface area contributed by atoms with Gasteiger partial charge in [0.25, 0.3) is 0 Å². The number of nitrogens with zero attached hydrogens (tertiary/aromatic N) is 1. The Morgan fingerprint density at radius 2 is 2.07 bits per heavy atom. The van der Waals surface area contributed by atoms with Gasteiger partial charge in [0.1, 0.15) is 5.92 Å². The predicted molar refractivity (Wildman–Crippen MR) is 107 cm³/mol. The number of esters is 1. The molecule has 3 rings (SSSR count). The molecule has 1 aliphatic heterocycles. The fourth-order valence-corrected chi connectivity index (χ4v) is 4.30. The van der Waals surface area contributed by atoms with Gasteiger partial charge >= 0.3 is 5.97 Å². The Bertz CT molecular complexity index is 838. The SMILES string of the molecule is CCCOC(=O)C1C(C)=NC2=C(C(=O)CC(C)(C)C2)[C@H]1c1cccc(Cl)c1. The topological polar surface area (TPSA) is 55.7 Å².